The average molecular weight is 421 g/mol. The lowest BCUT2D eigenvalue weighted by atomic mass is 10.1. The summed E-state index contributed by atoms with van der Waals surface area (Å²) < 4.78 is 7.70. The van der Waals surface area contributed by atoms with Gasteiger partial charge in [-0.1, -0.05) is 18.2 Å². The van der Waals surface area contributed by atoms with Gasteiger partial charge in [0.15, 0.2) is 4.96 Å². The first kappa shape index (κ1) is 17.8. The molecule has 0 unspecified atom stereocenters. The van der Waals surface area contributed by atoms with E-state index in [1.807, 2.05) is 70.9 Å². The van der Waals surface area contributed by atoms with E-state index in [1.165, 1.54) is 0 Å². The van der Waals surface area contributed by atoms with Crippen LogP contribution in [0, 0.1) is 6.92 Å². The Morgan fingerprint density at radius 3 is 2.76 bits per heavy atom. The second kappa shape index (κ2) is 7.31. The number of nitrogens with zero attached hydrogens (tertiary/aromatic N) is 3. The van der Waals surface area contributed by atoms with E-state index in [4.69, 9.17) is 4.42 Å². The lowest BCUT2D eigenvalue weighted by Crippen LogP contribution is -2.15. The summed E-state index contributed by atoms with van der Waals surface area (Å²) in [4.78, 5) is 23.5. The fourth-order valence-corrected chi connectivity index (χ4v) is 4.39. The lowest BCUT2D eigenvalue weighted by molar-refractivity contribution is -0.115. The normalized spacial score (nSPS) is 11.2. The molecule has 1 amide bonds. The molecule has 0 bridgehead atoms. The predicted octanol–water partition coefficient (Wildman–Crippen LogP) is 5.27. The summed E-state index contributed by atoms with van der Waals surface area (Å²) in [6.45, 7) is 1.83. The van der Waals surface area contributed by atoms with Crippen molar-refractivity contribution < 1.29 is 9.21 Å². The van der Waals surface area contributed by atoms with Crippen LogP contribution in [0.1, 0.15) is 11.5 Å². The molecule has 6 nitrogen and oxygen atoms in total. The number of hydrogen-bond acceptors (Lipinski definition) is 6. The molecular weight excluding hydrogens is 404 g/mol. The Bertz CT molecular complexity index is 1250. The molecule has 1 aromatic carbocycles. The fraction of sp³-hybridized carbons (Fsp3) is 0.0952. The number of aromatic nitrogens is 3. The summed E-state index contributed by atoms with van der Waals surface area (Å²) in [5.41, 5.74) is 3.31. The van der Waals surface area contributed by atoms with Crippen molar-refractivity contribution in [2.45, 2.75) is 13.3 Å². The first-order chi connectivity index (χ1) is 14.2. The number of benzene rings is 1. The van der Waals surface area contributed by atoms with Crippen LogP contribution in [0.3, 0.4) is 0 Å². The van der Waals surface area contributed by atoms with Crippen LogP contribution < -0.4 is 5.32 Å². The lowest BCUT2D eigenvalue weighted by Gasteiger charge is -2.05. The van der Waals surface area contributed by atoms with E-state index < -0.39 is 0 Å². The molecule has 0 aliphatic rings. The largest absolute Gasteiger partial charge is 0.440 e. The maximum atomic E-state index is 12.5. The van der Waals surface area contributed by atoms with Gasteiger partial charge in [-0.05, 0) is 30.5 Å². The van der Waals surface area contributed by atoms with E-state index in [0.29, 0.717) is 17.3 Å². The maximum absolute atomic E-state index is 12.5. The van der Waals surface area contributed by atoms with Gasteiger partial charge < -0.3 is 9.73 Å². The van der Waals surface area contributed by atoms with E-state index in [-0.39, 0.29) is 12.3 Å². The summed E-state index contributed by atoms with van der Waals surface area (Å²) in [6.07, 6.45) is 4.15. The summed E-state index contributed by atoms with van der Waals surface area (Å²) in [5, 5.41) is 6.90. The van der Waals surface area contributed by atoms with Crippen molar-refractivity contribution in [3.05, 3.63) is 71.0 Å². The van der Waals surface area contributed by atoms with Crippen molar-refractivity contribution >= 4 is 39.2 Å². The first-order valence-corrected chi connectivity index (χ1v) is 10.7. The van der Waals surface area contributed by atoms with E-state index in [9.17, 15) is 4.79 Å². The summed E-state index contributed by atoms with van der Waals surface area (Å²) >= 11 is 3.16. The smallest absolute Gasteiger partial charge is 0.236 e. The van der Waals surface area contributed by atoms with Gasteiger partial charge in [0.05, 0.1) is 22.7 Å². The van der Waals surface area contributed by atoms with Gasteiger partial charge in [-0.25, -0.2) is 9.97 Å². The minimum Gasteiger partial charge on any atom is -0.440 e. The van der Waals surface area contributed by atoms with E-state index >= 15 is 0 Å². The third kappa shape index (κ3) is 3.59. The van der Waals surface area contributed by atoms with Crippen molar-refractivity contribution in [3.8, 4) is 22.0 Å². The van der Waals surface area contributed by atoms with Gasteiger partial charge in [-0.3, -0.25) is 9.20 Å². The highest BCUT2D eigenvalue weighted by molar-refractivity contribution is 7.15. The highest BCUT2D eigenvalue weighted by Gasteiger charge is 2.15. The summed E-state index contributed by atoms with van der Waals surface area (Å²) in [7, 11) is 0. The number of thiophene rings is 1. The molecule has 0 aliphatic heterocycles. The zero-order valence-electron chi connectivity index (χ0n) is 15.5. The molecule has 0 spiro atoms. The van der Waals surface area contributed by atoms with E-state index in [0.717, 1.165) is 26.8 Å². The topological polar surface area (TPSA) is 72.4 Å². The number of carbonyl (C=O) groups excluding carboxylic acids is 1. The van der Waals surface area contributed by atoms with Gasteiger partial charge in [-0.15, -0.1) is 22.7 Å². The van der Waals surface area contributed by atoms with Gasteiger partial charge in [-0.2, -0.15) is 0 Å². The Morgan fingerprint density at radius 1 is 1.14 bits per heavy atom. The Balaban J connectivity index is 1.27. The van der Waals surface area contributed by atoms with Crippen LogP contribution >= 0.6 is 22.7 Å². The van der Waals surface area contributed by atoms with Crippen LogP contribution in [0.2, 0.25) is 0 Å². The number of anilines is 1. The van der Waals surface area contributed by atoms with Crippen molar-refractivity contribution in [2.75, 3.05) is 5.32 Å². The van der Waals surface area contributed by atoms with Crippen LogP contribution in [0.4, 0.5) is 5.69 Å². The van der Waals surface area contributed by atoms with Crippen molar-refractivity contribution in [1.82, 2.24) is 14.4 Å². The van der Waals surface area contributed by atoms with E-state index in [2.05, 4.69) is 15.3 Å². The number of imidazole rings is 1. The quantitative estimate of drug-likeness (QED) is 0.420. The molecular formula is C21H16N4O2S2. The molecule has 4 heterocycles. The monoisotopic (exact) mass is 420 g/mol. The number of fused-ring (bicyclic) bond motifs is 1. The second-order valence-corrected chi connectivity index (χ2v) is 8.34. The van der Waals surface area contributed by atoms with E-state index in [1.54, 1.807) is 22.7 Å². The average Bonchev–Trinajstić information content (AvgIpc) is 3.47. The van der Waals surface area contributed by atoms with Crippen LogP contribution in [0.5, 0.6) is 0 Å². The van der Waals surface area contributed by atoms with Crippen molar-refractivity contribution in [1.29, 1.82) is 0 Å². The number of rotatable bonds is 5. The van der Waals surface area contributed by atoms with Crippen LogP contribution in [-0.2, 0) is 11.2 Å². The molecule has 0 saturated heterocycles. The van der Waals surface area contributed by atoms with Crippen LogP contribution in [0.25, 0.3) is 27.0 Å². The number of carbonyl (C=O) groups is 1. The first-order valence-electron chi connectivity index (χ1n) is 8.98. The molecule has 5 rings (SSSR count). The van der Waals surface area contributed by atoms with Gasteiger partial charge in [0.25, 0.3) is 0 Å². The number of nitrogens with one attached hydrogen (secondary N) is 1. The Kier molecular flexibility index (Phi) is 4.49. The van der Waals surface area contributed by atoms with Crippen molar-refractivity contribution in [3.63, 3.8) is 0 Å². The minimum atomic E-state index is -0.130. The van der Waals surface area contributed by atoms with Crippen LogP contribution in [0.15, 0.2) is 64.0 Å². The van der Waals surface area contributed by atoms with Crippen LogP contribution in [-0.4, -0.2) is 20.3 Å². The molecule has 144 valence electrons. The fourth-order valence-electron chi connectivity index (χ4n) is 3.05. The molecule has 0 atom stereocenters. The molecule has 0 aliphatic carbocycles. The predicted molar refractivity (Wildman–Crippen MR) is 115 cm³/mol. The maximum Gasteiger partial charge on any atom is 0.236 e. The Hall–Kier alpha value is -3.23. The highest BCUT2D eigenvalue weighted by atomic mass is 32.1. The summed E-state index contributed by atoms with van der Waals surface area (Å²) in [5.74, 6) is 1.10. The number of hydrogen-bond donors (Lipinski definition) is 1. The number of thiazole rings is 1. The summed E-state index contributed by atoms with van der Waals surface area (Å²) in [6, 6.07) is 11.6. The second-order valence-electron chi connectivity index (χ2n) is 6.52. The molecule has 29 heavy (non-hydrogen) atoms. The Labute approximate surface area is 174 Å². The molecule has 4 aromatic heterocycles. The van der Waals surface area contributed by atoms with Gasteiger partial charge >= 0.3 is 0 Å². The van der Waals surface area contributed by atoms with Gasteiger partial charge in [0.1, 0.15) is 5.76 Å². The molecule has 0 saturated carbocycles. The zero-order valence-corrected chi connectivity index (χ0v) is 17.1. The SMILES string of the molecule is Cc1oc(-c2cccs2)nc1CC(=O)Nc1ccc(-c2cn3ccsc3n2)cc1. The Morgan fingerprint density at radius 2 is 2.00 bits per heavy atom. The van der Waals surface area contributed by atoms with Gasteiger partial charge in [0.2, 0.25) is 11.8 Å². The minimum absolute atomic E-state index is 0.130. The molecule has 5 aromatic rings. The molecule has 1 N–H and O–H groups in total. The highest BCUT2D eigenvalue weighted by Crippen LogP contribution is 2.26. The zero-order chi connectivity index (χ0) is 19.8. The molecule has 0 radical (unpaired) electrons. The third-order valence-electron chi connectivity index (χ3n) is 4.51. The molecule has 8 heteroatoms. The van der Waals surface area contributed by atoms with Crippen molar-refractivity contribution in [2.24, 2.45) is 0 Å². The number of aryl methyl sites for hydroxylation is 1. The van der Waals surface area contributed by atoms with Gasteiger partial charge in [0, 0.05) is 29.0 Å². The third-order valence-corrected chi connectivity index (χ3v) is 6.14. The standard InChI is InChI=1S/C21H16N4O2S2/c1-13-16(23-20(27-13)18-3-2-9-28-18)11-19(26)22-15-6-4-14(5-7-15)17-12-25-8-10-29-21(25)24-17/h2-10,12H,11H2,1H3,(H,22,26). The number of oxazole rings is 1. The number of amides is 1. The molecule has 0 fully saturated rings.